The molecule has 0 heterocycles. The van der Waals surface area contributed by atoms with Crippen molar-refractivity contribution in [3.63, 3.8) is 0 Å². The molecule has 3 unspecified atom stereocenters. The maximum absolute atomic E-state index is 13.2. The highest BCUT2D eigenvalue weighted by molar-refractivity contribution is 5.77. The molecule has 3 atom stereocenters. The van der Waals surface area contributed by atoms with Crippen LogP contribution in [0.2, 0.25) is 0 Å². The zero-order valence-electron chi connectivity index (χ0n) is 40.3. The van der Waals surface area contributed by atoms with Crippen LogP contribution >= 0.6 is 0 Å². The van der Waals surface area contributed by atoms with E-state index in [-0.39, 0.29) is 24.9 Å². The van der Waals surface area contributed by atoms with E-state index < -0.39 is 18.2 Å². The lowest BCUT2D eigenvalue weighted by atomic mass is 10.0. The number of allylic oxidation sites excluding steroid dienone is 10. The molecule has 0 saturated heterocycles. The molecular formula is C55H99NO5. The molecule has 0 aliphatic rings. The highest BCUT2D eigenvalue weighted by atomic mass is 16.5. The predicted molar refractivity (Wildman–Crippen MR) is 264 cm³/mol. The highest BCUT2D eigenvalue weighted by Crippen LogP contribution is 2.17. The van der Waals surface area contributed by atoms with Crippen LogP contribution in [-0.4, -0.2) is 46.9 Å². The number of ether oxygens (including phenoxy) is 1. The Morgan fingerprint density at radius 3 is 1.38 bits per heavy atom. The van der Waals surface area contributed by atoms with Gasteiger partial charge in [0.05, 0.1) is 25.2 Å². The Kier molecular flexibility index (Phi) is 46.6. The number of rotatable bonds is 46. The summed E-state index contributed by atoms with van der Waals surface area (Å²) in [5.74, 6) is -0.543. The van der Waals surface area contributed by atoms with Crippen LogP contribution in [0, 0.1) is 0 Å². The van der Waals surface area contributed by atoms with Crippen molar-refractivity contribution in [2.75, 3.05) is 6.61 Å². The summed E-state index contributed by atoms with van der Waals surface area (Å²) in [6.45, 7) is 6.33. The number of aliphatic hydroxyl groups excluding tert-OH is 2. The van der Waals surface area contributed by atoms with E-state index in [9.17, 15) is 19.8 Å². The summed E-state index contributed by atoms with van der Waals surface area (Å²) in [6, 6.07) is -0.721. The van der Waals surface area contributed by atoms with Gasteiger partial charge in [-0.2, -0.15) is 0 Å². The van der Waals surface area contributed by atoms with Gasteiger partial charge in [0.1, 0.15) is 6.10 Å². The number of carbonyl (C=O) groups is 2. The Balaban J connectivity index is 4.64. The third-order valence-corrected chi connectivity index (χ3v) is 11.7. The topological polar surface area (TPSA) is 95.9 Å². The van der Waals surface area contributed by atoms with Crippen LogP contribution in [0.4, 0.5) is 0 Å². The lowest BCUT2D eigenvalue weighted by molar-refractivity contribution is -0.151. The molecule has 6 nitrogen and oxygen atoms in total. The van der Waals surface area contributed by atoms with Gasteiger partial charge in [0.15, 0.2) is 0 Å². The average molecular weight is 854 g/mol. The minimum atomic E-state index is -0.804. The first-order valence-corrected chi connectivity index (χ1v) is 26.1. The van der Waals surface area contributed by atoms with Gasteiger partial charge in [0.25, 0.3) is 0 Å². The maximum Gasteiger partial charge on any atom is 0.306 e. The first-order valence-electron chi connectivity index (χ1n) is 26.1. The van der Waals surface area contributed by atoms with E-state index in [0.717, 1.165) is 83.5 Å². The Labute approximate surface area is 378 Å². The van der Waals surface area contributed by atoms with Crippen LogP contribution in [0.3, 0.4) is 0 Å². The lowest BCUT2D eigenvalue weighted by Crippen LogP contribution is -2.46. The first kappa shape index (κ1) is 58.6. The summed E-state index contributed by atoms with van der Waals surface area (Å²) in [5.41, 5.74) is 0. The average Bonchev–Trinajstić information content (AvgIpc) is 3.25. The van der Waals surface area contributed by atoms with Crippen molar-refractivity contribution in [3.8, 4) is 0 Å². The largest absolute Gasteiger partial charge is 0.462 e. The summed E-state index contributed by atoms with van der Waals surface area (Å²) >= 11 is 0. The van der Waals surface area contributed by atoms with Crippen molar-refractivity contribution < 1.29 is 24.5 Å². The standard InChI is InChI=1S/C55H99NO5/c1-4-7-10-13-16-19-22-25-27-30-32-35-38-41-44-47-53(58)52(50-57)56-54(59)49-51(46-43-40-37-34-31-29-26-23-20-17-14-11-8-5-2)61-55(60)48-45-42-39-36-33-28-24-21-18-15-12-9-6-3/h9,12,15,18,21,24,29,31,34,37,51-53,57-58H,4-8,10-11,13-14,16-17,19-20,22-23,25-28,30,32-33,35-36,38-50H2,1-3H3,(H,56,59)/b12-9+,18-15+,24-21-,31-29+,37-34+. The van der Waals surface area contributed by atoms with E-state index in [1.165, 1.54) is 122 Å². The summed E-state index contributed by atoms with van der Waals surface area (Å²) in [6.07, 6.45) is 60.0. The van der Waals surface area contributed by atoms with Gasteiger partial charge in [-0.1, -0.05) is 236 Å². The molecule has 0 spiro atoms. The number of aliphatic hydroxyl groups is 2. The number of amides is 1. The van der Waals surface area contributed by atoms with E-state index in [2.05, 4.69) is 86.8 Å². The molecule has 61 heavy (non-hydrogen) atoms. The fourth-order valence-electron chi connectivity index (χ4n) is 7.72. The van der Waals surface area contributed by atoms with Crippen LogP contribution in [0.15, 0.2) is 60.8 Å². The van der Waals surface area contributed by atoms with E-state index >= 15 is 0 Å². The molecule has 0 saturated carbocycles. The molecule has 0 radical (unpaired) electrons. The van der Waals surface area contributed by atoms with E-state index in [0.29, 0.717) is 19.3 Å². The van der Waals surface area contributed by atoms with Crippen molar-refractivity contribution in [3.05, 3.63) is 60.8 Å². The van der Waals surface area contributed by atoms with Crippen LogP contribution in [0.25, 0.3) is 0 Å². The van der Waals surface area contributed by atoms with E-state index in [4.69, 9.17) is 4.74 Å². The van der Waals surface area contributed by atoms with Gasteiger partial charge in [-0.3, -0.25) is 9.59 Å². The van der Waals surface area contributed by atoms with Crippen molar-refractivity contribution >= 4 is 11.9 Å². The molecule has 0 fully saturated rings. The van der Waals surface area contributed by atoms with Crippen LogP contribution < -0.4 is 5.32 Å². The minimum absolute atomic E-state index is 0.0353. The number of esters is 1. The second-order valence-electron chi connectivity index (χ2n) is 17.6. The number of nitrogens with one attached hydrogen (secondary N) is 1. The van der Waals surface area contributed by atoms with Crippen molar-refractivity contribution in [1.29, 1.82) is 0 Å². The summed E-state index contributed by atoms with van der Waals surface area (Å²) in [5, 5.41) is 23.8. The van der Waals surface area contributed by atoms with Gasteiger partial charge in [0, 0.05) is 6.42 Å². The van der Waals surface area contributed by atoms with Crippen molar-refractivity contribution in [2.24, 2.45) is 0 Å². The molecule has 0 aliphatic carbocycles. The van der Waals surface area contributed by atoms with Gasteiger partial charge >= 0.3 is 5.97 Å². The molecule has 0 aromatic heterocycles. The fourth-order valence-corrected chi connectivity index (χ4v) is 7.72. The van der Waals surface area contributed by atoms with Gasteiger partial charge in [0.2, 0.25) is 5.91 Å². The number of hydrogen-bond donors (Lipinski definition) is 3. The second kappa shape index (κ2) is 48.6. The number of hydrogen-bond acceptors (Lipinski definition) is 5. The second-order valence-corrected chi connectivity index (χ2v) is 17.6. The molecule has 0 bridgehead atoms. The molecule has 1 amide bonds. The van der Waals surface area contributed by atoms with E-state index in [1.807, 2.05) is 0 Å². The van der Waals surface area contributed by atoms with Gasteiger partial charge in [-0.15, -0.1) is 0 Å². The van der Waals surface area contributed by atoms with Gasteiger partial charge in [-0.25, -0.2) is 0 Å². The smallest absolute Gasteiger partial charge is 0.306 e. The lowest BCUT2D eigenvalue weighted by Gasteiger charge is -2.24. The molecule has 6 heteroatoms. The van der Waals surface area contributed by atoms with Gasteiger partial charge < -0.3 is 20.3 Å². The molecular weight excluding hydrogens is 755 g/mol. The zero-order chi connectivity index (χ0) is 44.5. The Hall–Kier alpha value is -2.44. The number of unbranched alkanes of at least 4 members (excludes halogenated alkanes) is 27. The molecule has 3 N–H and O–H groups in total. The van der Waals surface area contributed by atoms with Crippen LogP contribution in [0.1, 0.15) is 252 Å². The van der Waals surface area contributed by atoms with Crippen LogP contribution in [-0.2, 0) is 14.3 Å². The quantitative estimate of drug-likeness (QED) is 0.0322. The van der Waals surface area contributed by atoms with Crippen molar-refractivity contribution in [1.82, 2.24) is 5.32 Å². The normalized spacial score (nSPS) is 13.7. The minimum Gasteiger partial charge on any atom is -0.462 e. The van der Waals surface area contributed by atoms with Crippen molar-refractivity contribution in [2.45, 2.75) is 270 Å². The molecule has 354 valence electrons. The molecule has 0 aromatic rings. The molecule has 0 aliphatic heterocycles. The first-order chi connectivity index (χ1) is 30.0. The SMILES string of the molecule is CC/C=C/C=C/C=C\CCCCCCCC(=O)OC(CCC/C=C/C=C/CCCCCCCCC)CC(=O)NC(CO)C(O)CCCCCCCCCCCCCCCCC. The fraction of sp³-hybridized carbons (Fsp3) is 0.782. The highest BCUT2D eigenvalue weighted by Gasteiger charge is 2.24. The monoisotopic (exact) mass is 854 g/mol. The summed E-state index contributed by atoms with van der Waals surface area (Å²) in [7, 11) is 0. The third-order valence-electron chi connectivity index (χ3n) is 11.7. The zero-order valence-corrected chi connectivity index (χ0v) is 40.3. The Morgan fingerprint density at radius 1 is 0.492 bits per heavy atom. The summed E-state index contributed by atoms with van der Waals surface area (Å²) in [4.78, 5) is 26.1. The van der Waals surface area contributed by atoms with E-state index in [1.54, 1.807) is 0 Å². The third kappa shape index (κ3) is 44.0. The number of carbonyl (C=O) groups excluding carboxylic acids is 2. The molecule has 0 rings (SSSR count). The summed E-state index contributed by atoms with van der Waals surface area (Å²) < 4.78 is 5.89. The maximum atomic E-state index is 13.2. The molecule has 0 aromatic carbocycles. The van der Waals surface area contributed by atoms with Gasteiger partial charge in [-0.05, 0) is 64.2 Å². The Bertz CT molecular complexity index is 1090. The van der Waals surface area contributed by atoms with Crippen LogP contribution in [0.5, 0.6) is 0 Å². The Morgan fingerprint density at radius 2 is 0.902 bits per heavy atom. The predicted octanol–water partition coefficient (Wildman–Crippen LogP) is 15.6.